The Labute approximate surface area is 142 Å². The number of hydrogen-bond donors (Lipinski definition) is 2. The molecule has 4 N–H and O–H groups in total. The number of nitrogen functional groups attached to an aromatic ring is 1. The zero-order valence-corrected chi connectivity index (χ0v) is 13.8. The van der Waals surface area contributed by atoms with Gasteiger partial charge in [0.2, 0.25) is 5.91 Å². The van der Waals surface area contributed by atoms with Crippen molar-refractivity contribution < 1.29 is 4.79 Å². The summed E-state index contributed by atoms with van der Waals surface area (Å²) in [6.45, 7) is 1.77. The van der Waals surface area contributed by atoms with Gasteiger partial charge in [-0.05, 0) is 48.2 Å². The molecule has 0 heterocycles. The summed E-state index contributed by atoms with van der Waals surface area (Å²) in [7, 11) is 0. The molecular formula is C18H22ClN3O. The van der Waals surface area contributed by atoms with Crippen LogP contribution in [0.3, 0.4) is 0 Å². The van der Waals surface area contributed by atoms with E-state index in [2.05, 4.69) is 11.0 Å². The van der Waals surface area contributed by atoms with E-state index in [0.29, 0.717) is 11.6 Å². The quantitative estimate of drug-likeness (QED) is 0.799. The molecule has 0 unspecified atom stereocenters. The van der Waals surface area contributed by atoms with Gasteiger partial charge in [0.1, 0.15) is 0 Å². The standard InChI is InChI=1S/C18H21N3O.ClH/c19-16-3-1-2-14(10-16)12-21(17-8-9-17)11-13-4-6-15(7-5-13)18(20)22;/h1-7,10,17H,8-9,11-12,19H2,(H2,20,22);1H. The molecule has 0 bridgehead atoms. The maximum absolute atomic E-state index is 11.1. The summed E-state index contributed by atoms with van der Waals surface area (Å²) >= 11 is 0. The minimum atomic E-state index is -0.384. The molecule has 122 valence electrons. The molecule has 2 aromatic carbocycles. The van der Waals surface area contributed by atoms with Crippen molar-refractivity contribution in [2.45, 2.75) is 32.0 Å². The molecule has 2 aromatic rings. The Morgan fingerprint density at radius 2 is 1.70 bits per heavy atom. The summed E-state index contributed by atoms with van der Waals surface area (Å²) in [5.41, 5.74) is 14.9. The Morgan fingerprint density at radius 3 is 2.26 bits per heavy atom. The van der Waals surface area contributed by atoms with Gasteiger partial charge in [0.25, 0.3) is 0 Å². The van der Waals surface area contributed by atoms with Crippen molar-refractivity contribution in [1.29, 1.82) is 0 Å². The fraction of sp³-hybridized carbons (Fsp3) is 0.278. The normalized spacial score (nSPS) is 13.6. The van der Waals surface area contributed by atoms with Crippen LogP contribution in [0.1, 0.15) is 34.3 Å². The third kappa shape index (κ3) is 4.71. The van der Waals surface area contributed by atoms with Gasteiger partial charge in [0.15, 0.2) is 0 Å². The van der Waals surface area contributed by atoms with Crippen LogP contribution in [0.2, 0.25) is 0 Å². The predicted octanol–water partition coefficient (Wildman–Crippen LogP) is 2.95. The van der Waals surface area contributed by atoms with Crippen molar-refractivity contribution in [3.05, 3.63) is 65.2 Å². The molecule has 23 heavy (non-hydrogen) atoms. The van der Waals surface area contributed by atoms with Crippen molar-refractivity contribution in [3.8, 4) is 0 Å². The predicted molar refractivity (Wildman–Crippen MR) is 95.3 cm³/mol. The number of halogens is 1. The highest BCUT2D eigenvalue weighted by Gasteiger charge is 2.28. The summed E-state index contributed by atoms with van der Waals surface area (Å²) in [6.07, 6.45) is 2.50. The van der Waals surface area contributed by atoms with E-state index in [1.54, 1.807) is 12.1 Å². The second-order valence-corrected chi connectivity index (χ2v) is 5.94. The highest BCUT2D eigenvalue weighted by molar-refractivity contribution is 5.92. The number of nitrogens with two attached hydrogens (primary N) is 2. The van der Waals surface area contributed by atoms with E-state index in [1.165, 1.54) is 24.0 Å². The van der Waals surface area contributed by atoms with Gasteiger partial charge in [-0.25, -0.2) is 0 Å². The Morgan fingerprint density at radius 1 is 1.04 bits per heavy atom. The molecule has 1 fully saturated rings. The zero-order valence-electron chi connectivity index (χ0n) is 12.9. The largest absolute Gasteiger partial charge is 0.399 e. The van der Waals surface area contributed by atoms with E-state index in [4.69, 9.17) is 11.5 Å². The highest BCUT2D eigenvalue weighted by Crippen LogP contribution is 2.30. The number of nitrogens with zero attached hydrogens (tertiary/aromatic N) is 1. The topological polar surface area (TPSA) is 72.4 Å². The van der Waals surface area contributed by atoms with Gasteiger partial charge in [-0.3, -0.25) is 9.69 Å². The Balaban J connectivity index is 0.00000192. The molecule has 1 saturated carbocycles. The second-order valence-electron chi connectivity index (χ2n) is 5.94. The fourth-order valence-electron chi connectivity index (χ4n) is 2.69. The van der Waals surface area contributed by atoms with Crippen LogP contribution in [0.5, 0.6) is 0 Å². The summed E-state index contributed by atoms with van der Waals surface area (Å²) in [6, 6.07) is 16.3. The Hall–Kier alpha value is -2.04. The van der Waals surface area contributed by atoms with Gasteiger partial charge in [-0.2, -0.15) is 0 Å². The van der Waals surface area contributed by atoms with Crippen LogP contribution in [0.15, 0.2) is 48.5 Å². The molecule has 0 aromatic heterocycles. The van der Waals surface area contributed by atoms with Crippen LogP contribution in [-0.4, -0.2) is 16.8 Å². The minimum Gasteiger partial charge on any atom is -0.399 e. The molecule has 1 aliphatic carbocycles. The van der Waals surface area contributed by atoms with Gasteiger partial charge < -0.3 is 11.5 Å². The maximum atomic E-state index is 11.1. The molecule has 1 aliphatic rings. The van der Waals surface area contributed by atoms with Gasteiger partial charge in [-0.1, -0.05) is 24.3 Å². The van der Waals surface area contributed by atoms with Crippen molar-refractivity contribution >= 4 is 24.0 Å². The van der Waals surface area contributed by atoms with E-state index in [-0.39, 0.29) is 18.3 Å². The molecule has 4 nitrogen and oxygen atoms in total. The molecule has 5 heteroatoms. The number of amides is 1. The van der Waals surface area contributed by atoms with Crippen LogP contribution >= 0.6 is 12.4 Å². The molecule has 0 radical (unpaired) electrons. The molecule has 0 atom stereocenters. The van der Waals surface area contributed by atoms with E-state index in [0.717, 1.165) is 18.8 Å². The van der Waals surface area contributed by atoms with E-state index < -0.39 is 0 Å². The first-order chi connectivity index (χ1) is 10.6. The molecule has 1 amide bonds. The lowest BCUT2D eigenvalue weighted by Crippen LogP contribution is -2.25. The summed E-state index contributed by atoms with van der Waals surface area (Å²) < 4.78 is 0. The van der Waals surface area contributed by atoms with Gasteiger partial charge >= 0.3 is 0 Å². The van der Waals surface area contributed by atoms with Crippen molar-refractivity contribution in [3.63, 3.8) is 0 Å². The highest BCUT2D eigenvalue weighted by atomic mass is 35.5. The molecule has 0 spiro atoms. The third-order valence-electron chi connectivity index (χ3n) is 4.02. The monoisotopic (exact) mass is 331 g/mol. The fourth-order valence-corrected chi connectivity index (χ4v) is 2.69. The van der Waals surface area contributed by atoms with Crippen LogP contribution in [0.4, 0.5) is 5.69 Å². The summed E-state index contributed by atoms with van der Waals surface area (Å²) in [4.78, 5) is 13.6. The maximum Gasteiger partial charge on any atom is 0.248 e. The number of hydrogen-bond acceptors (Lipinski definition) is 3. The Bertz CT molecular complexity index is 668. The van der Waals surface area contributed by atoms with Crippen molar-refractivity contribution in [2.24, 2.45) is 5.73 Å². The SMILES string of the molecule is Cl.NC(=O)c1ccc(CN(Cc2cccc(N)c2)C2CC2)cc1. The van der Waals surface area contributed by atoms with Crippen molar-refractivity contribution in [2.75, 3.05) is 5.73 Å². The first-order valence-corrected chi connectivity index (χ1v) is 7.59. The zero-order chi connectivity index (χ0) is 15.5. The molecular weight excluding hydrogens is 310 g/mol. The van der Waals surface area contributed by atoms with E-state index in [9.17, 15) is 4.79 Å². The van der Waals surface area contributed by atoms with Crippen LogP contribution in [0, 0.1) is 0 Å². The molecule has 0 saturated heterocycles. The van der Waals surface area contributed by atoms with Gasteiger partial charge in [0, 0.05) is 30.4 Å². The molecule has 3 rings (SSSR count). The number of primary amides is 1. The first-order valence-electron chi connectivity index (χ1n) is 7.59. The minimum absolute atomic E-state index is 0. The smallest absolute Gasteiger partial charge is 0.248 e. The van der Waals surface area contributed by atoms with Gasteiger partial charge in [0.05, 0.1) is 0 Å². The van der Waals surface area contributed by atoms with Crippen LogP contribution in [0.25, 0.3) is 0 Å². The van der Waals surface area contributed by atoms with E-state index in [1.807, 2.05) is 30.3 Å². The first kappa shape index (κ1) is 17.3. The summed E-state index contributed by atoms with van der Waals surface area (Å²) in [5, 5.41) is 0. The molecule has 0 aliphatic heterocycles. The number of rotatable bonds is 6. The van der Waals surface area contributed by atoms with Crippen LogP contribution in [-0.2, 0) is 13.1 Å². The second kappa shape index (κ2) is 7.49. The van der Waals surface area contributed by atoms with E-state index >= 15 is 0 Å². The number of anilines is 1. The number of benzene rings is 2. The average Bonchev–Trinajstić information content (AvgIpc) is 3.32. The van der Waals surface area contributed by atoms with Crippen LogP contribution < -0.4 is 11.5 Å². The lowest BCUT2D eigenvalue weighted by atomic mass is 10.1. The van der Waals surface area contributed by atoms with Crippen molar-refractivity contribution in [1.82, 2.24) is 4.90 Å². The van der Waals surface area contributed by atoms with Gasteiger partial charge in [-0.15, -0.1) is 12.4 Å². The third-order valence-corrected chi connectivity index (χ3v) is 4.02. The number of carbonyl (C=O) groups is 1. The lowest BCUT2D eigenvalue weighted by Gasteiger charge is -2.22. The lowest BCUT2D eigenvalue weighted by molar-refractivity contribution is 0.100. The number of carbonyl (C=O) groups excluding carboxylic acids is 1. The average molecular weight is 332 g/mol. The Kier molecular flexibility index (Phi) is 5.64. The summed E-state index contributed by atoms with van der Waals surface area (Å²) in [5.74, 6) is -0.384.